The van der Waals surface area contributed by atoms with E-state index in [9.17, 15) is 4.79 Å². The minimum absolute atomic E-state index is 0.0662. The molecule has 0 saturated heterocycles. The number of nitrogens with one attached hydrogen (secondary N) is 2. The minimum Gasteiger partial charge on any atom is -0.396 e. The highest BCUT2D eigenvalue weighted by atomic mass is 32.2. The van der Waals surface area contributed by atoms with Crippen molar-refractivity contribution in [2.75, 3.05) is 23.5 Å². The Kier molecular flexibility index (Phi) is 6.84. The second-order valence-corrected chi connectivity index (χ2v) is 6.77. The van der Waals surface area contributed by atoms with Gasteiger partial charge in [0.25, 0.3) is 5.91 Å². The summed E-state index contributed by atoms with van der Waals surface area (Å²) in [5.41, 5.74) is 2.30. The molecule has 2 aromatic carbocycles. The number of carbonyl (C=O) groups excluding carboxylic acids is 1. The number of aliphatic hydroxyl groups is 1. The molecular formula is C21H20N4O2S. The van der Waals surface area contributed by atoms with Gasteiger partial charge < -0.3 is 15.7 Å². The molecule has 1 aromatic heterocycles. The van der Waals surface area contributed by atoms with Crippen molar-refractivity contribution in [3.8, 4) is 11.8 Å². The average Bonchev–Trinajstić information content (AvgIpc) is 2.72. The summed E-state index contributed by atoms with van der Waals surface area (Å²) in [6.07, 6.45) is 4.58. The summed E-state index contributed by atoms with van der Waals surface area (Å²) >= 11 is 1.69. The Morgan fingerprint density at radius 3 is 2.68 bits per heavy atom. The fraction of sp³-hybridized carbons (Fsp3) is 0.190. The van der Waals surface area contributed by atoms with Gasteiger partial charge in [0.05, 0.1) is 5.52 Å². The van der Waals surface area contributed by atoms with Gasteiger partial charge in [-0.1, -0.05) is 5.92 Å². The first kappa shape index (κ1) is 19.7. The third-order valence-corrected chi connectivity index (χ3v) is 4.65. The second-order valence-electron chi connectivity index (χ2n) is 5.89. The molecule has 0 aliphatic heterocycles. The number of anilines is 3. The van der Waals surface area contributed by atoms with Crippen molar-refractivity contribution < 1.29 is 9.90 Å². The number of hydrogen-bond acceptors (Lipinski definition) is 6. The van der Waals surface area contributed by atoms with E-state index < -0.39 is 5.91 Å². The molecule has 1 amide bonds. The summed E-state index contributed by atoms with van der Waals surface area (Å²) in [5.74, 6) is 5.52. The molecule has 1 heterocycles. The number of aliphatic hydroxyl groups excluding tert-OH is 1. The lowest BCUT2D eigenvalue weighted by molar-refractivity contribution is -0.111. The molecule has 0 unspecified atom stereocenters. The van der Waals surface area contributed by atoms with Gasteiger partial charge in [0.1, 0.15) is 12.1 Å². The molecule has 3 aromatic rings. The van der Waals surface area contributed by atoms with Gasteiger partial charge in [-0.3, -0.25) is 4.79 Å². The SMILES string of the molecule is CSc1ccc(Nc2ncnc3ccc(NC(=O)C#CCCCO)cc23)cc1. The van der Waals surface area contributed by atoms with E-state index in [1.54, 1.807) is 17.8 Å². The molecule has 0 aliphatic carbocycles. The van der Waals surface area contributed by atoms with E-state index >= 15 is 0 Å². The lowest BCUT2D eigenvalue weighted by Gasteiger charge is -2.10. The van der Waals surface area contributed by atoms with Crippen LogP contribution in [0.3, 0.4) is 0 Å². The Labute approximate surface area is 167 Å². The van der Waals surface area contributed by atoms with E-state index in [0.29, 0.717) is 24.3 Å². The Balaban J connectivity index is 1.80. The molecule has 0 aliphatic rings. The summed E-state index contributed by atoms with van der Waals surface area (Å²) in [6, 6.07) is 13.5. The first-order valence-electron chi connectivity index (χ1n) is 8.76. The van der Waals surface area contributed by atoms with Gasteiger partial charge in [-0.05, 0) is 61.1 Å². The summed E-state index contributed by atoms with van der Waals surface area (Å²) in [6.45, 7) is 0.0662. The van der Waals surface area contributed by atoms with Gasteiger partial charge in [0, 0.05) is 34.7 Å². The van der Waals surface area contributed by atoms with Crippen LogP contribution in [0.1, 0.15) is 12.8 Å². The fourth-order valence-corrected chi connectivity index (χ4v) is 2.93. The number of unbranched alkanes of at least 4 members (excludes halogenated alkanes) is 1. The van der Waals surface area contributed by atoms with Crippen molar-refractivity contribution in [1.82, 2.24) is 9.97 Å². The molecule has 3 N–H and O–H groups in total. The van der Waals surface area contributed by atoms with Gasteiger partial charge in [0.15, 0.2) is 0 Å². The van der Waals surface area contributed by atoms with Crippen molar-refractivity contribution in [1.29, 1.82) is 0 Å². The van der Waals surface area contributed by atoms with Crippen LogP contribution < -0.4 is 10.6 Å². The lowest BCUT2D eigenvalue weighted by atomic mass is 10.2. The van der Waals surface area contributed by atoms with E-state index in [-0.39, 0.29) is 6.61 Å². The van der Waals surface area contributed by atoms with Crippen LogP contribution in [-0.4, -0.2) is 33.8 Å². The summed E-state index contributed by atoms with van der Waals surface area (Å²) in [5, 5.41) is 15.6. The van der Waals surface area contributed by atoms with E-state index in [4.69, 9.17) is 5.11 Å². The van der Waals surface area contributed by atoms with Crippen LogP contribution in [0.15, 0.2) is 53.7 Å². The predicted molar refractivity (Wildman–Crippen MR) is 114 cm³/mol. The molecule has 0 atom stereocenters. The summed E-state index contributed by atoms with van der Waals surface area (Å²) < 4.78 is 0. The van der Waals surface area contributed by atoms with E-state index in [1.807, 2.05) is 42.7 Å². The van der Waals surface area contributed by atoms with E-state index in [0.717, 1.165) is 16.6 Å². The highest BCUT2D eigenvalue weighted by molar-refractivity contribution is 7.98. The maximum Gasteiger partial charge on any atom is 0.300 e. The standard InChI is InChI=1S/C21H20N4O2S/c1-28-17-9-6-15(7-10-17)25-21-18-13-16(8-11-19(18)22-14-23-21)24-20(27)5-3-2-4-12-26/h6-11,13-14,26H,2,4,12H2,1H3,(H,24,27)(H,22,23,25). The zero-order valence-electron chi connectivity index (χ0n) is 15.4. The van der Waals surface area contributed by atoms with Crippen LogP contribution >= 0.6 is 11.8 Å². The van der Waals surface area contributed by atoms with Crippen molar-refractivity contribution in [3.63, 3.8) is 0 Å². The van der Waals surface area contributed by atoms with Crippen LogP contribution in [0, 0.1) is 11.8 Å². The van der Waals surface area contributed by atoms with Crippen molar-refractivity contribution in [3.05, 3.63) is 48.8 Å². The second kappa shape index (κ2) is 9.74. The quantitative estimate of drug-likeness (QED) is 0.336. The van der Waals surface area contributed by atoms with Crippen molar-refractivity contribution >= 4 is 45.8 Å². The molecular weight excluding hydrogens is 372 g/mol. The predicted octanol–water partition coefficient (Wildman–Crippen LogP) is 3.81. The number of rotatable bonds is 6. The largest absolute Gasteiger partial charge is 0.396 e. The minimum atomic E-state index is -0.392. The number of aromatic nitrogens is 2. The monoisotopic (exact) mass is 392 g/mol. The van der Waals surface area contributed by atoms with E-state index in [2.05, 4.69) is 32.4 Å². The molecule has 0 bridgehead atoms. The average molecular weight is 392 g/mol. The van der Waals surface area contributed by atoms with Crippen molar-refractivity contribution in [2.45, 2.75) is 17.7 Å². The zero-order valence-corrected chi connectivity index (χ0v) is 16.2. The first-order valence-corrected chi connectivity index (χ1v) is 9.98. The first-order chi connectivity index (χ1) is 13.7. The number of amides is 1. The van der Waals surface area contributed by atoms with Crippen LogP contribution in [-0.2, 0) is 4.79 Å². The fourth-order valence-electron chi connectivity index (χ4n) is 2.52. The molecule has 28 heavy (non-hydrogen) atoms. The van der Waals surface area contributed by atoms with Gasteiger partial charge in [0.2, 0.25) is 0 Å². The number of carbonyl (C=O) groups is 1. The molecule has 0 spiro atoms. The maximum absolute atomic E-state index is 12.0. The van der Waals surface area contributed by atoms with Gasteiger partial charge >= 0.3 is 0 Å². The van der Waals surface area contributed by atoms with Crippen LogP contribution in [0.5, 0.6) is 0 Å². The third-order valence-electron chi connectivity index (χ3n) is 3.91. The Hall–Kier alpha value is -3.08. The number of benzene rings is 2. The number of nitrogens with zero attached hydrogens (tertiary/aromatic N) is 2. The zero-order chi connectivity index (χ0) is 19.8. The summed E-state index contributed by atoms with van der Waals surface area (Å²) in [4.78, 5) is 21.8. The topological polar surface area (TPSA) is 87.1 Å². The van der Waals surface area contributed by atoms with Gasteiger partial charge in [-0.25, -0.2) is 9.97 Å². The van der Waals surface area contributed by atoms with Gasteiger partial charge in [-0.2, -0.15) is 0 Å². The third kappa shape index (κ3) is 5.22. The molecule has 7 heteroatoms. The molecule has 0 fully saturated rings. The number of thioether (sulfide) groups is 1. The number of hydrogen-bond donors (Lipinski definition) is 3. The van der Waals surface area contributed by atoms with Gasteiger partial charge in [-0.15, -0.1) is 11.8 Å². The molecule has 0 radical (unpaired) electrons. The molecule has 0 saturated carbocycles. The highest BCUT2D eigenvalue weighted by Gasteiger charge is 2.07. The van der Waals surface area contributed by atoms with E-state index in [1.165, 1.54) is 11.2 Å². The van der Waals surface area contributed by atoms with Crippen molar-refractivity contribution in [2.24, 2.45) is 0 Å². The summed E-state index contributed by atoms with van der Waals surface area (Å²) in [7, 11) is 0. The van der Waals surface area contributed by atoms with Crippen LogP contribution in [0.25, 0.3) is 10.9 Å². The van der Waals surface area contributed by atoms with Crippen LogP contribution in [0.4, 0.5) is 17.2 Å². The normalized spacial score (nSPS) is 10.2. The Morgan fingerprint density at radius 1 is 1.14 bits per heavy atom. The lowest BCUT2D eigenvalue weighted by Crippen LogP contribution is -2.08. The Morgan fingerprint density at radius 2 is 1.93 bits per heavy atom. The highest BCUT2D eigenvalue weighted by Crippen LogP contribution is 2.26. The number of fused-ring (bicyclic) bond motifs is 1. The molecule has 6 nitrogen and oxygen atoms in total. The smallest absolute Gasteiger partial charge is 0.300 e. The Bertz CT molecular complexity index is 1030. The maximum atomic E-state index is 12.0. The van der Waals surface area contributed by atoms with Crippen LogP contribution in [0.2, 0.25) is 0 Å². The molecule has 3 rings (SSSR count). The molecule has 142 valence electrons.